The molecule has 2 nitrogen and oxygen atoms in total. The van der Waals surface area contributed by atoms with E-state index in [0.29, 0.717) is 0 Å². The highest BCUT2D eigenvalue weighted by Crippen LogP contribution is 2.20. The number of benzene rings is 1. The lowest BCUT2D eigenvalue weighted by molar-refractivity contribution is 0.145. The van der Waals surface area contributed by atoms with E-state index in [2.05, 4.69) is 41.7 Å². The summed E-state index contributed by atoms with van der Waals surface area (Å²) in [7, 11) is 2.12. The fourth-order valence-corrected chi connectivity index (χ4v) is 2.39. The molecule has 1 aromatic carbocycles. The number of aliphatic hydroxyl groups excluding tert-OH is 1. The second-order valence-corrected chi connectivity index (χ2v) is 6.05. The zero-order valence-electron chi connectivity index (χ0n) is 11.6. The summed E-state index contributed by atoms with van der Waals surface area (Å²) >= 11 is 3.43. The van der Waals surface area contributed by atoms with Crippen LogP contribution in [0.5, 0.6) is 0 Å². The second kappa shape index (κ2) is 7.93. The summed E-state index contributed by atoms with van der Waals surface area (Å²) in [6.45, 7) is 6.51. The Bertz CT molecular complexity index is 356. The van der Waals surface area contributed by atoms with E-state index in [1.54, 1.807) is 0 Å². The fourth-order valence-electron chi connectivity index (χ4n) is 1.98. The first-order valence-electron chi connectivity index (χ1n) is 6.65. The van der Waals surface area contributed by atoms with E-state index < -0.39 is 0 Å². The first-order chi connectivity index (χ1) is 8.52. The average Bonchev–Trinajstić information content (AvgIpc) is 2.35. The Hall–Kier alpha value is -0.380. The summed E-state index contributed by atoms with van der Waals surface area (Å²) in [5.41, 5.74) is 0.987. The molecule has 0 heterocycles. The molecule has 0 radical (unpaired) electrons. The Kier molecular flexibility index (Phi) is 6.90. The van der Waals surface area contributed by atoms with Crippen LogP contribution in [0.15, 0.2) is 28.7 Å². The molecular formula is C15H24BrNO. The van der Waals surface area contributed by atoms with Crippen molar-refractivity contribution in [3.63, 3.8) is 0 Å². The standard InChI is InChI=1S/C15H24BrNO/c1-4-12(2)11-17(3)9-8-15(18)13-6-5-7-14(16)10-13/h5-7,10,12,15,18H,4,8-9,11H2,1-3H3. The van der Waals surface area contributed by atoms with Gasteiger partial charge in [-0.2, -0.15) is 0 Å². The van der Waals surface area contributed by atoms with Crippen LogP contribution < -0.4 is 0 Å². The normalized spacial score (nSPS) is 14.8. The summed E-state index contributed by atoms with van der Waals surface area (Å²) in [4.78, 5) is 2.30. The predicted molar refractivity (Wildman–Crippen MR) is 80.7 cm³/mol. The van der Waals surface area contributed by atoms with Gasteiger partial charge in [0, 0.05) is 17.6 Å². The maximum absolute atomic E-state index is 10.1. The van der Waals surface area contributed by atoms with Crippen LogP contribution in [0.1, 0.15) is 38.4 Å². The second-order valence-electron chi connectivity index (χ2n) is 5.14. The van der Waals surface area contributed by atoms with E-state index in [1.165, 1.54) is 6.42 Å². The number of aliphatic hydroxyl groups is 1. The highest BCUT2D eigenvalue weighted by atomic mass is 79.9. The van der Waals surface area contributed by atoms with Gasteiger partial charge in [0.15, 0.2) is 0 Å². The van der Waals surface area contributed by atoms with Crippen LogP contribution in [0.2, 0.25) is 0 Å². The van der Waals surface area contributed by atoms with Crippen molar-refractivity contribution in [2.24, 2.45) is 5.92 Å². The van der Waals surface area contributed by atoms with Crippen molar-refractivity contribution in [2.45, 2.75) is 32.8 Å². The Morgan fingerprint density at radius 2 is 2.11 bits per heavy atom. The largest absolute Gasteiger partial charge is 0.388 e. The van der Waals surface area contributed by atoms with Crippen molar-refractivity contribution in [3.05, 3.63) is 34.3 Å². The molecule has 0 aliphatic heterocycles. The van der Waals surface area contributed by atoms with E-state index in [-0.39, 0.29) is 6.10 Å². The molecule has 0 amide bonds. The molecule has 1 aromatic rings. The van der Waals surface area contributed by atoms with Crippen molar-refractivity contribution >= 4 is 15.9 Å². The molecule has 0 saturated carbocycles. The minimum Gasteiger partial charge on any atom is -0.388 e. The molecule has 0 bridgehead atoms. The lowest BCUT2D eigenvalue weighted by Gasteiger charge is -2.22. The van der Waals surface area contributed by atoms with E-state index in [1.807, 2.05) is 24.3 Å². The topological polar surface area (TPSA) is 23.5 Å². The van der Waals surface area contributed by atoms with Crippen molar-refractivity contribution in [2.75, 3.05) is 20.1 Å². The van der Waals surface area contributed by atoms with Gasteiger partial charge >= 0.3 is 0 Å². The van der Waals surface area contributed by atoms with Gasteiger partial charge < -0.3 is 10.0 Å². The maximum atomic E-state index is 10.1. The smallest absolute Gasteiger partial charge is 0.0802 e. The van der Waals surface area contributed by atoms with Gasteiger partial charge in [0.05, 0.1) is 6.10 Å². The minimum atomic E-state index is -0.373. The number of rotatable bonds is 7. The SMILES string of the molecule is CCC(C)CN(C)CCC(O)c1cccc(Br)c1. The number of halogens is 1. The van der Waals surface area contributed by atoms with Crippen LogP contribution in [-0.2, 0) is 0 Å². The molecule has 0 saturated heterocycles. The van der Waals surface area contributed by atoms with Gasteiger partial charge in [0.1, 0.15) is 0 Å². The van der Waals surface area contributed by atoms with Gasteiger partial charge in [-0.1, -0.05) is 48.3 Å². The van der Waals surface area contributed by atoms with Gasteiger partial charge in [-0.25, -0.2) is 0 Å². The van der Waals surface area contributed by atoms with Crippen molar-refractivity contribution in [3.8, 4) is 0 Å². The zero-order chi connectivity index (χ0) is 13.5. The van der Waals surface area contributed by atoms with Crippen LogP contribution in [0.4, 0.5) is 0 Å². The highest BCUT2D eigenvalue weighted by Gasteiger charge is 2.10. The summed E-state index contributed by atoms with van der Waals surface area (Å²) in [6.07, 6.45) is 1.61. The summed E-state index contributed by atoms with van der Waals surface area (Å²) in [5.74, 6) is 0.720. The monoisotopic (exact) mass is 313 g/mol. The first kappa shape index (κ1) is 15.7. The van der Waals surface area contributed by atoms with Crippen LogP contribution in [-0.4, -0.2) is 30.1 Å². The van der Waals surface area contributed by atoms with Gasteiger partial charge in [-0.05, 0) is 37.1 Å². The van der Waals surface area contributed by atoms with Crippen LogP contribution in [0.25, 0.3) is 0 Å². The third-order valence-corrected chi connectivity index (χ3v) is 3.83. The minimum absolute atomic E-state index is 0.373. The Morgan fingerprint density at radius 3 is 2.72 bits per heavy atom. The lowest BCUT2D eigenvalue weighted by Crippen LogP contribution is -2.26. The van der Waals surface area contributed by atoms with Crippen molar-refractivity contribution in [1.82, 2.24) is 4.90 Å². The van der Waals surface area contributed by atoms with E-state index in [9.17, 15) is 5.11 Å². The summed E-state index contributed by atoms with van der Waals surface area (Å²) < 4.78 is 1.02. The van der Waals surface area contributed by atoms with Gasteiger partial charge in [0.2, 0.25) is 0 Å². The number of hydrogen-bond donors (Lipinski definition) is 1. The first-order valence-corrected chi connectivity index (χ1v) is 7.44. The lowest BCUT2D eigenvalue weighted by atomic mass is 10.1. The molecule has 18 heavy (non-hydrogen) atoms. The molecule has 0 aliphatic carbocycles. The van der Waals surface area contributed by atoms with Gasteiger partial charge in [0.25, 0.3) is 0 Å². The Labute approximate surface area is 119 Å². The van der Waals surface area contributed by atoms with Crippen LogP contribution in [0.3, 0.4) is 0 Å². The molecular weight excluding hydrogens is 290 g/mol. The maximum Gasteiger partial charge on any atom is 0.0802 e. The van der Waals surface area contributed by atoms with E-state index >= 15 is 0 Å². The molecule has 0 fully saturated rings. The van der Waals surface area contributed by atoms with Crippen LogP contribution in [0, 0.1) is 5.92 Å². The molecule has 1 N–H and O–H groups in total. The van der Waals surface area contributed by atoms with Crippen molar-refractivity contribution < 1.29 is 5.11 Å². The third-order valence-electron chi connectivity index (χ3n) is 3.34. The number of nitrogens with zero attached hydrogens (tertiary/aromatic N) is 1. The average molecular weight is 314 g/mol. The molecule has 3 heteroatoms. The molecule has 1 rings (SSSR count). The van der Waals surface area contributed by atoms with Gasteiger partial charge in [-0.15, -0.1) is 0 Å². The van der Waals surface area contributed by atoms with E-state index in [0.717, 1.165) is 35.5 Å². The molecule has 2 unspecified atom stereocenters. The van der Waals surface area contributed by atoms with E-state index in [4.69, 9.17) is 0 Å². The molecule has 0 aliphatic rings. The van der Waals surface area contributed by atoms with Gasteiger partial charge in [-0.3, -0.25) is 0 Å². The Balaban J connectivity index is 2.39. The molecule has 0 spiro atoms. The molecule has 0 aromatic heterocycles. The number of hydrogen-bond acceptors (Lipinski definition) is 2. The summed E-state index contributed by atoms with van der Waals surface area (Å²) in [5, 5.41) is 10.1. The van der Waals surface area contributed by atoms with Crippen LogP contribution >= 0.6 is 15.9 Å². The fraction of sp³-hybridized carbons (Fsp3) is 0.600. The quantitative estimate of drug-likeness (QED) is 0.826. The Morgan fingerprint density at radius 1 is 1.39 bits per heavy atom. The van der Waals surface area contributed by atoms with Crippen molar-refractivity contribution in [1.29, 1.82) is 0 Å². The summed E-state index contributed by atoms with van der Waals surface area (Å²) in [6, 6.07) is 7.90. The third kappa shape index (κ3) is 5.51. The highest BCUT2D eigenvalue weighted by molar-refractivity contribution is 9.10. The molecule has 102 valence electrons. The molecule has 2 atom stereocenters. The zero-order valence-corrected chi connectivity index (χ0v) is 13.2. The predicted octanol–water partition coefficient (Wildman–Crippen LogP) is 3.85.